The third-order valence-corrected chi connectivity index (χ3v) is 5.60. The van der Waals surface area contributed by atoms with Crippen LogP contribution in [0.15, 0.2) is 42.5 Å². The number of nitrogens with zero attached hydrogens (tertiary/aromatic N) is 2. The van der Waals surface area contributed by atoms with E-state index in [1.165, 1.54) is 4.31 Å². The van der Waals surface area contributed by atoms with Crippen molar-refractivity contribution >= 4 is 27.3 Å². The fourth-order valence-electron chi connectivity index (χ4n) is 3.02. The zero-order valence-electron chi connectivity index (χ0n) is 16.6. The molecule has 0 aliphatic rings. The summed E-state index contributed by atoms with van der Waals surface area (Å²) in [4.78, 5) is 12.9. The molecule has 0 aromatic heterocycles. The minimum Gasteiger partial charge on any atom is -0.324 e. The van der Waals surface area contributed by atoms with Gasteiger partial charge in [0.25, 0.3) is 0 Å². The van der Waals surface area contributed by atoms with Crippen LogP contribution in [-0.2, 0) is 21.2 Å². The first-order chi connectivity index (χ1) is 13.2. The van der Waals surface area contributed by atoms with E-state index < -0.39 is 22.0 Å². The number of rotatable bonds is 7. The Balaban J connectivity index is 2.36. The maximum absolute atomic E-state index is 12.9. The molecular weight excluding hydrogens is 374 g/mol. The lowest BCUT2D eigenvalue weighted by Crippen LogP contribution is -2.47. The van der Waals surface area contributed by atoms with Gasteiger partial charge in [-0.2, -0.15) is 5.26 Å². The number of nitriles is 1. The number of hydrogen-bond acceptors (Lipinski definition) is 4. The fourth-order valence-corrected chi connectivity index (χ4v) is 4.28. The van der Waals surface area contributed by atoms with E-state index in [0.29, 0.717) is 24.2 Å². The minimum atomic E-state index is -3.68. The topological polar surface area (TPSA) is 90.3 Å². The van der Waals surface area contributed by atoms with Gasteiger partial charge in [0, 0.05) is 5.69 Å². The molecule has 0 saturated carbocycles. The molecule has 1 N–H and O–H groups in total. The molecule has 6 nitrogen and oxygen atoms in total. The predicted octanol–water partition coefficient (Wildman–Crippen LogP) is 3.55. The summed E-state index contributed by atoms with van der Waals surface area (Å²) < 4.78 is 26.4. The Morgan fingerprint density at radius 3 is 2.36 bits per heavy atom. The average Bonchev–Trinajstić information content (AvgIpc) is 2.62. The van der Waals surface area contributed by atoms with Crippen LogP contribution >= 0.6 is 0 Å². The zero-order chi connectivity index (χ0) is 20.9. The number of amides is 1. The van der Waals surface area contributed by atoms with E-state index in [9.17, 15) is 13.2 Å². The Hall–Kier alpha value is -2.85. The molecule has 0 fully saturated rings. The molecule has 7 heteroatoms. The van der Waals surface area contributed by atoms with Gasteiger partial charge in [-0.25, -0.2) is 8.42 Å². The number of carbonyl (C=O) groups excluding carboxylic acids is 1. The summed E-state index contributed by atoms with van der Waals surface area (Å²) in [5.74, 6) is -0.401. The van der Waals surface area contributed by atoms with Crippen LogP contribution in [0.3, 0.4) is 0 Å². The highest BCUT2D eigenvalue weighted by Gasteiger charge is 2.32. The quantitative estimate of drug-likeness (QED) is 0.771. The molecule has 0 heterocycles. The molecule has 2 aromatic rings. The number of anilines is 2. The highest BCUT2D eigenvalue weighted by atomic mass is 32.2. The van der Waals surface area contributed by atoms with Gasteiger partial charge in [0.05, 0.1) is 24.4 Å². The first-order valence-electron chi connectivity index (χ1n) is 9.00. The molecule has 0 aliphatic heterocycles. The second-order valence-electron chi connectivity index (χ2n) is 6.79. The normalized spacial score (nSPS) is 12.1. The number of carbonyl (C=O) groups is 1. The standard InChI is InChI=1S/C21H25N3O3S/c1-5-19(21(25)23-18-10-8-17(9-11-18)12-13-22)24(28(4,26)27)20-14-15(2)6-7-16(20)3/h6-11,14,19H,5,12H2,1-4H3,(H,23,25)/t19-/m1/s1. The van der Waals surface area contributed by atoms with E-state index in [1.54, 1.807) is 37.3 Å². The maximum atomic E-state index is 12.9. The van der Waals surface area contributed by atoms with E-state index in [-0.39, 0.29) is 0 Å². The second-order valence-corrected chi connectivity index (χ2v) is 8.65. The van der Waals surface area contributed by atoms with Crippen LogP contribution in [0, 0.1) is 25.2 Å². The van der Waals surface area contributed by atoms with Gasteiger partial charge in [0.1, 0.15) is 6.04 Å². The zero-order valence-corrected chi connectivity index (χ0v) is 17.4. The maximum Gasteiger partial charge on any atom is 0.248 e. The smallest absolute Gasteiger partial charge is 0.248 e. The first-order valence-corrected chi connectivity index (χ1v) is 10.9. The third-order valence-electron chi connectivity index (χ3n) is 4.44. The van der Waals surface area contributed by atoms with Gasteiger partial charge < -0.3 is 5.32 Å². The Bertz CT molecular complexity index is 993. The van der Waals surface area contributed by atoms with Crippen LogP contribution in [-0.4, -0.2) is 26.6 Å². The molecule has 0 saturated heterocycles. The van der Waals surface area contributed by atoms with Crippen molar-refractivity contribution in [2.45, 2.75) is 39.7 Å². The Morgan fingerprint density at radius 2 is 1.82 bits per heavy atom. The van der Waals surface area contributed by atoms with Crippen molar-refractivity contribution < 1.29 is 13.2 Å². The van der Waals surface area contributed by atoms with E-state index in [2.05, 4.69) is 11.4 Å². The summed E-state index contributed by atoms with van der Waals surface area (Å²) >= 11 is 0. The van der Waals surface area contributed by atoms with E-state index in [0.717, 1.165) is 22.9 Å². The number of aryl methyl sites for hydroxylation is 2. The average molecular weight is 400 g/mol. The Morgan fingerprint density at radius 1 is 1.18 bits per heavy atom. The highest BCUT2D eigenvalue weighted by Crippen LogP contribution is 2.28. The molecule has 148 valence electrons. The summed E-state index contributed by atoms with van der Waals surface area (Å²) in [7, 11) is -3.68. The Labute approximate surface area is 166 Å². The molecule has 0 unspecified atom stereocenters. The molecule has 0 radical (unpaired) electrons. The number of hydrogen-bond donors (Lipinski definition) is 1. The molecule has 0 spiro atoms. The van der Waals surface area contributed by atoms with Crippen molar-refractivity contribution in [3.05, 3.63) is 59.2 Å². The van der Waals surface area contributed by atoms with Gasteiger partial charge in [-0.15, -0.1) is 0 Å². The van der Waals surface area contributed by atoms with Gasteiger partial charge in [0.2, 0.25) is 15.9 Å². The van der Waals surface area contributed by atoms with E-state index >= 15 is 0 Å². The summed E-state index contributed by atoms with van der Waals surface area (Å²) in [6.07, 6.45) is 1.72. The van der Waals surface area contributed by atoms with Crippen LogP contribution in [0.4, 0.5) is 11.4 Å². The van der Waals surface area contributed by atoms with Crippen LogP contribution in [0.1, 0.15) is 30.0 Å². The molecule has 2 rings (SSSR count). The minimum absolute atomic E-state index is 0.292. The third kappa shape index (κ3) is 5.11. The largest absolute Gasteiger partial charge is 0.324 e. The van der Waals surface area contributed by atoms with Crippen molar-refractivity contribution in [1.29, 1.82) is 5.26 Å². The molecule has 1 amide bonds. The monoisotopic (exact) mass is 399 g/mol. The fraction of sp³-hybridized carbons (Fsp3) is 0.333. The lowest BCUT2D eigenvalue weighted by Gasteiger charge is -2.31. The molecule has 28 heavy (non-hydrogen) atoms. The first kappa shape index (κ1) is 21.5. The van der Waals surface area contributed by atoms with Crippen molar-refractivity contribution in [2.24, 2.45) is 0 Å². The number of sulfonamides is 1. The van der Waals surface area contributed by atoms with Crippen LogP contribution in [0.2, 0.25) is 0 Å². The van der Waals surface area contributed by atoms with E-state index in [1.807, 2.05) is 26.0 Å². The summed E-state index contributed by atoms with van der Waals surface area (Å²) in [5, 5.41) is 11.5. The van der Waals surface area contributed by atoms with Crippen LogP contribution < -0.4 is 9.62 Å². The number of nitrogens with one attached hydrogen (secondary N) is 1. The van der Waals surface area contributed by atoms with Crippen molar-refractivity contribution in [3.8, 4) is 6.07 Å². The predicted molar refractivity (Wildman–Crippen MR) is 112 cm³/mol. The second kappa shape index (κ2) is 8.89. The van der Waals surface area contributed by atoms with Gasteiger partial charge in [-0.3, -0.25) is 9.10 Å². The van der Waals surface area contributed by atoms with Crippen molar-refractivity contribution in [2.75, 3.05) is 15.9 Å². The highest BCUT2D eigenvalue weighted by molar-refractivity contribution is 7.92. The van der Waals surface area contributed by atoms with Gasteiger partial charge in [-0.1, -0.05) is 31.2 Å². The molecular formula is C21H25N3O3S. The van der Waals surface area contributed by atoms with Crippen LogP contribution in [0.25, 0.3) is 0 Å². The lowest BCUT2D eigenvalue weighted by molar-refractivity contribution is -0.117. The van der Waals surface area contributed by atoms with Crippen molar-refractivity contribution in [3.63, 3.8) is 0 Å². The summed E-state index contributed by atoms with van der Waals surface area (Å²) in [6, 6.07) is 13.7. The molecule has 0 bridgehead atoms. The molecule has 1 atom stereocenters. The number of benzene rings is 2. The summed E-state index contributed by atoms with van der Waals surface area (Å²) in [5.41, 5.74) is 3.61. The molecule has 0 aliphatic carbocycles. The Kier molecular flexibility index (Phi) is 6.81. The SMILES string of the molecule is CC[C@H](C(=O)Nc1ccc(CC#N)cc1)N(c1cc(C)ccc1C)S(C)(=O)=O. The van der Waals surface area contributed by atoms with E-state index in [4.69, 9.17) is 5.26 Å². The van der Waals surface area contributed by atoms with Crippen molar-refractivity contribution in [1.82, 2.24) is 0 Å². The summed E-state index contributed by atoms with van der Waals surface area (Å²) in [6.45, 7) is 5.49. The van der Waals surface area contributed by atoms with Gasteiger partial charge in [-0.05, 0) is 55.2 Å². The molecule has 2 aromatic carbocycles. The lowest BCUT2D eigenvalue weighted by atomic mass is 10.1. The van der Waals surface area contributed by atoms with Crippen LogP contribution in [0.5, 0.6) is 0 Å². The van der Waals surface area contributed by atoms with Gasteiger partial charge in [0.15, 0.2) is 0 Å². The van der Waals surface area contributed by atoms with Gasteiger partial charge >= 0.3 is 0 Å².